The predicted octanol–water partition coefficient (Wildman–Crippen LogP) is 2.85. The molecule has 8 nitrogen and oxygen atoms in total. The van der Waals surface area contributed by atoms with Crippen LogP contribution in [0.15, 0.2) is 48.5 Å². The average Bonchev–Trinajstić information content (AvgIpc) is 3.33. The first kappa shape index (κ1) is 17.6. The summed E-state index contributed by atoms with van der Waals surface area (Å²) in [6.45, 7) is 0.192. The van der Waals surface area contributed by atoms with Crippen LogP contribution in [0.5, 0.6) is 11.5 Å². The molecular weight excluding hydrogens is 362 g/mol. The van der Waals surface area contributed by atoms with Crippen LogP contribution in [0.25, 0.3) is 11.3 Å². The fraction of sp³-hybridized carbons (Fsp3) is 0.150. The molecule has 1 aliphatic heterocycles. The minimum Gasteiger partial charge on any atom is -0.465 e. The molecular formula is C20H17N3O5. The number of hydrogen-bond donors (Lipinski definition) is 1. The van der Waals surface area contributed by atoms with Gasteiger partial charge in [-0.2, -0.15) is 5.10 Å². The molecule has 142 valence electrons. The molecule has 1 amide bonds. The van der Waals surface area contributed by atoms with Gasteiger partial charge < -0.3 is 19.5 Å². The number of anilines is 1. The van der Waals surface area contributed by atoms with Gasteiger partial charge in [-0.05, 0) is 36.4 Å². The van der Waals surface area contributed by atoms with Crippen molar-refractivity contribution in [3.8, 4) is 22.8 Å². The normalized spacial score (nSPS) is 11.9. The molecule has 3 aromatic rings. The summed E-state index contributed by atoms with van der Waals surface area (Å²) < 4.78 is 17.1. The lowest BCUT2D eigenvalue weighted by Crippen LogP contribution is -2.16. The summed E-state index contributed by atoms with van der Waals surface area (Å²) in [5.41, 5.74) is 2.42. The monoisotopic (exact) mass is 379 g/mol. The van der Waals surface area contributed by atoms with E-state index in [0.717, 1.165) is 11.3 Å². The Hall–Kier alpha value is -3.81. The number of methoxy groups -OCH3 is 1. The van der Waals surface area contributed by atoms with Crippen LogP contribution in [0.4, 0.5) is 5.69 Å². The molecule has 0 saturated heterocycles. The standard InChI is InChI=1S/C20H17N3O5/c1-23-16(12-7-8-17-18(9-12)28-11-27-17)10-15(22-23)19(24)21-14-6-4-3-5-13(14)20(25)26-2/h3-10H,11H2,1-2H3,(H,21,24). The summed E-state index contributed by atoms with van der Waals surface area (Å²) in [4.78, 5) is 24.6. The van der Waals surface area contributed by atoms with Gasteiger partial charge in [0.2, 0.25) is 6.79 Å². The van der Waals surface area contributed by atoms with E-state index in [-0.39, 0.29) is 18.1 Å². The Morgan fingerprint density at radius 1 is 1.11 bits per heavy atom. The van der Waals surface area contributed by atoms with E-state index in [2.05, 4.69) is 10.4 Å². The van der Waals surface area contributed by atoms with Gasteiger partial charge in [-0.3, -0.25) is 9.48 Å². The molecule has 0 bridgehead atoms. The highest BCUT2D eigenvalue weighted by Gasteiger charge is 2.19. The highest BCUT2D eigenvalue weighted by atomic mass is 16.7. The number of benzene rings is 2. The van der Waals surface area contributed by atoms with E-state index in [1.807, 2.05) is 18.2 Å². The lowest BCUT2D eigenvalue weighted by molar-refractivity contribution is 0.0602. The summed E-state index contributed by atoms with van der Waals surface area (Å²) in [7, 11) is 3.04. The number of aryl methyl sites for hydroxylation is 1. The van der Waals surface area contributed by atoms with E-state index >= 15 is 0 Å². The molecule has 0 unspecified atom stereocenters. The number of carbonyl (C=O) groups excluding carboxylic acids is 2. The van der Waals surface area contributed by atoms with Gasteiger partial charge in [0.1, 0.15) is 0 Å². The molecule has 2 heterocycles. The topological polar surface area (TPSA) is 91.7 Å². The second kappa shape index (κ2) is 7.07. The number of hydrogen-bond acceptors (Lipinski definition) is 6. The van der Waals surface area contributed by atoms with Gasteiger partial charge in [-0.1, -0.05) is 12.1 Å². The Kier molecular flexibility index (Phi) is 4.44. The summed E-state index contributed by atoms with van der Waals surface area (Å²) in [6.07, 6.45) is 0. The first-order valence-electron chi connectivity index (χ1n) is 8.49. The second-order valence-corrected chi connectivity index (χ2v) is 6.10. The Balaban J connectivity index is 1.61. The van der Waals surface area contributed by atoms with Gasteiger partial charge in [-0.15, -0.1) is 0 Å². The zero-order chi connectivity index (χ0) is 19.7. The van der Waals surface area contributed by atoms with Gasteiger partial charge in [0.15, 0.2) is 17.2 Å². The van der Waals surface area contributed by atoms with Crippen molar-refractivity contribution in [2.45, 2.75) is 0 Å². The lowest BCUT2D eigenvalue weighted by atomic mass is 10.1. The number of fused-ring (bicyclic) bond motifs is 1. The van der Waals surface area contributed by atoms with Gasteiger partial charge in [-0.25, -0.2) is 4.79 Å². The van der Waals surface area contributed by atoms with Crippen LogP contribution in [0, 0.1) is 0 Å². The van der Waals surface area contributed by atoms with E-state index in [4.69, 9.17) is 14.2 Å². The third-order valence-corrected chi connectivity index (χ3v) is 4.36. The van der Waals surface area contributed by atoms with Gasteiger partial charge in [0.25, 0.3) is 5.91 Å². The van der Waals surface area contributed by atoms with Crippen molar-refractivity contribution >= 4 is 17.6 Å². The third kappa shape index (κ3) is 3.16. The molecule has 28 heavy (non-hydrogen) atoms. The highest BCUT2D eigenvalue weighted by Crippen LogP contribution is 2.36. The number of nitrogens with one attached hydrogen (secondary N) is 1. The van der Waals surface area contributed by atoms with Gasteiger partial charge in [0.05, 0.1) is 24.1 Å². The van der Waals surface area contributed by atoms with Crippen molar-refractivity contribution < 1.29 is 23.8 Å². The van der Waals surface area contributed by atoms with Crippen molar-refractivity contribution in [1.29, 1.82) is 0 Å². The molecule has 1 N–H and O–H groups in total. The maximum absolute atomic E-state index is 12.7. The smallest absolute Gasteiger partial charge is 0.339 e. The Bertz CT molecular complexity index is 1070. The molecule has 0 atom stereocenters. The number of aromatic nitrogens is 2. The molecule has 0 fully saturated rings. The molecule has 1 aliphatic rings. The number of esters is 1. The molecule has 0 radical (unpaired) electrons. The maximum Gasteiger partial charge on any atom is 0.339 e. The molecule has 0 spiro atoms. The summed E-state index contributed by atoms with van der Waals surface area (Å²) in [5, 5.41) is 7.00. The van der Waals surface area contributed by atoms with E-state index < -0.39 is 11.9 Å². The highest BCUT2D eigenvalue weighted by molar-refractivity contribution is 6.07. The minimum absolute atomic E-state index is 0.192. The Morgan fingerprint density at radius 3 is 2.71 bits per heavy atom. The van der Waals surface area contributed by atoms with Crippen LogP contribution in [0.3, 0.4) is 0 Å². The number of rotatable bonds is 4. The first-order valence-corrected chi connectivity index (χ1v) is 8.49. The largest absolute Gasteiger partial charge is 0.465 e. The van der Waals surface area contributed by atoms with E-state index in [1.54, 1.807) is 42.1 Å². The molecule has 2 aromatic carbocycles. The van der Waals surface area contributed by atoms with E-state index in [1.165, 1.54) is 7.11 Å². The lowest BCUT2D eigenvalue weighted by Gasteiger charge is -2.08. The van der Waals surface area contributed by atoms with Crippen LogP contribution in [0.2, 0.25) is 0 Å². The SMILES string of the molecule is COC(=O)c1ccccc1NC(=O)c1cc(-c2ccc3c(c2)OCO3)n(C)n1. The van der Waals surface area contributed by atoms with Gasteiger partial charge in [0, 0.05) is 12.6 Å². The fourth-order valence-electron chi connectivity index (χ4n) is 2.97. The second-order valence-electron chi connectivity index (χ2n) is 6.10. The molecule has 0 aliphatic carbocycles. The quantitative estimate of drug-likeness (QED) is 0.701. The van der Waals surface area contributed by atoms with Crippen molar-refractivity contribution in [2.24, 2.45) is 7.05 Å². The number of nitrogens with zero attached hydrogens (tertiary/aromatic N) is 2. The average molecular weight is 379 g/mol. The van der Waals surface area contributed by atoms with Crippen LogP contribution < -0.4 is 14.8 Å². The zero-order valence-corrected chi connectivity index (χ0v) is 15.3. The molecule has 1 aromatic heterocycles. The van der Waals surface area contributed by atoms with Crippen LogP contribution in [-0.2, 0) is 11.8 Å². The predicted molar refractivity (Wildman–Crippen MR) is 101 cm³/mol. The number of ether oxygens (including phenoxy) is 3. The molecule has 0 saturated carbocycles. The number of para-hydroxylation sites is 1. The summed E-state index contributed by atoms with van der Waals surface area (Å²) in [6, 6.07) is 13.8. The molecule has 4 rings (SSSR count). The summed E-state index contributed by atoms with van der Waals surface area (Å²) in [5.74, 6) is 0.372. The number of amides is 1. The first-order chi connectivity index (χ1) is 13.6. The van der Waals surface area contributed by atoms with Crippen LogP contribution in [-0.4, -0.2) is 35.6 Å². The van der Waals surface area contributed by atoms with E-state index in [9.17, 15) is 9.59 Å². The van der Waals surface area contributed by atoms with Crippen molar-refractivity contribution in [2.75, 3.05) is 19.2 Å². The van der Waals surface area contributed by atoms with Gasteiger partial charge >= 0.3 is 5.97 Å². The summed E-state index contributed by atoms with van der Waals surface area (Å²) >= 11 is 0. The zero-order valence-electron chi connectivity index (χ0n) is 15.3. The number of carbonyl (C=O) groups is 2. The Morgan fingerprint density at radius 2 is 1.89 bits per heavy atom. The van der Waals surface area contributed by atoms with Crippen molar-refractivity contribution in [3.63, 3.8) is 0 Å². The third-order valence-electron chi connectivity index (χ3n) is 4.36. The maximum atomic E-state index is 12.7. The minimum atomic E-state index is -0.530. The Labute approximate surface area is 160 Å². The van der Waals surface area contributed by atoms with Crippen LogP contribution >= 0.6 is 0 Å². The molecule has 8 heteroatoms. The van der Waals surface area contributed by atoms with Crippen LogP contribution in [0.1, 0.15) is 20.8 Å². The van der Waals surface area contributed by atoms with Crippen molar-refractivity contribution in [1.82, 2.24) is 9.78 Å². The fourth-order valence-corrected chi connectivity index (χ4v) is 2.97. The van der Waals surface area contributed by atoms with Crippen molar-refractivity contribution in [3.05, 3.63) is 59.8 Å². The van der Waals surface area contributed by atoms with E-state index in [0.29, 0.717) is 17.2 Å².